The lowest BCUT2D eigenvalue weighted by molar-refractivity contribution is -0.141. The van der Waals surface area contributed by atoms with Crippen molar-refractivity contribution in [2.45, 2.75) is 45.7 Å². The number of benzene rings is 1. The molecule has 1 unspecified atom stereocenters. The van der Waals surface area contributed by atoms with Gasteiger partial charge in [-0.05, 0) is 31.2 Å². The first kappa shape index (κ1) is 16.1. The molecule has 0 N–H and O–H groups in total. The quantitative estimate of drug-likeness (QED) is 0.855. The Kier molecular flexibility index (Phi) is 3.98. The number of hydrogen-bond donors (Lipinski definition) is 0. The Morgan fingerprint density at radius 2 is 1.96 bits per heavy atom. The number of likely N-dealkylation sites (tertiary alicyclic amines) is 1. The lowest BCUT2D eigenvalue weighted by atomic mass is 9.98. The van der Waals surface area contributed by atoms with Crippen LogP contribution >= 0.6 is 0 Å². The van der Waals surface area contributed by atoms with Gasteiger partial charge < -0.3 is 4.90 Å². The van der Waals surface area contributed by atoms with Crippen molar-refractivity contribution in [3.8, 4) is 0 Å². The maximum Gasteiger partial charge on any atom is 0.346 e. The fraction of sp³-hybridized carbons (Fsp3) is 0.526. The SMILES string of the molecule is Cc1ccc(Cn2nc3n(c2=O)C(C(=O)N2CC(C)C2)CCC3)cc1. The van der Waals surface area contributed by atoms with Crippen molar-refractivity contribution in [3.63, 3.8) is 0 Å². The molecule has 1 aromatic heterocycles. The predicted molar refractivity (Wildman–Crippen MR) is 94.5 cm³/mol. The fourth-order valence-electron chi connectivity index (χ4n) is 3.82. The maximum atomic E-state index is 12.9. The lowest BCUT2D eigenvalue weighted by Crippen LogP contribution is -2.52. The fourth-order valence-corrected chi connectivity index (χ4v) is 3.82. The van der Waals surface area contributed by atoms with Gasteiger partial charge in [-0.2, -0.15) is 5.10 Å². The van der Waals surface area contributed by atoms with Crippen LogP contribution in [-0.4, -0.2) is 38.2 Å². The molecule has 0 bridgehead atoms. The highest BCUT2D eigenvalue weighted by Crippen LogP contribution is 2.27. The molecule has 1 atom stereocenters. The monoisotopic (exact) mass is 340 g/mol. The molecule has 1 fully saturated rings. The average molecular weight is 340 g/mol. The number of fused-ring (bicyclic) bond motifs is 1. The summed E-state index contributed by atoms with van der Waals surface area (Å²) in [6.45, 7) is 6.23. The Bertz CT molecular complexity index is 843. The smallest absolute Gasteiger partial charge is 0.340 e. The first-order chi connectivity index (χ1) is 12.0. The molecule has 0 saturated carbocycles. The van der Waals surface area contributed by atoms with Crippen molar-refractivity contribution < 1.29 is 4.79 Å². The summed E-state index contributed by atoms with van der Waals surface area (Å²) in [6.07, 6.45) is 2.39. The topological polar surface area (TPSA) is 60.1 Å². The van der Waals surface area contributed by atoms with E-state index in [1.54, 1.807) is 4.57 Å². The van der Waals surface area contributed by atoms with Gasteiger partial charge in [-0.1, -0.05) is 36.8 Å². The molecule has 6 nitrogen and oxygen atoms in total. The van der Waals surface area contributed by atoms with Crippen LogP contribution in [0.15, 0.2) is 29.1 Å². The van der Waals surface area contributed by atoms with E-state index >= 15 is 0 Å². The van der Waals surface area contributed by atoms with Crippen molar-refractivity contribution in [2.24, 2.45) is 5.92 Å². The van der Waals surface area contributed by atoms with Crippen LogP contribution in [0.5, 0.6) is 0 Å². The van der Waals surface area contributed by atoms with Crippen LogP contribution in [0.1, 0.15) is 42.8 Å². The Morgan fingerprint density at radius 1 is 1.24 bits per heavy atom. The molecule has 2 aromatic rings. The predicted octanol–water partition coefficient (Wildman–Crippen LogP) is 1.76. The number of nitrogens with zero attached hydrogens (tertiary/aromatic N) is 4. The Labute approximate surface area is 147 Å². The minimum absolute atomic E-state index is 0.0797. The standard InChI is InChI=1S/C19H24N4O2/c1-13-6-8-15(9-7-13)12-22-19(25)23-16(4-3-5-17(23)20-22)18(24)21-10-14(2)11-21/h6-9,14,16H,3-5,10-12H2,1-2H3. The highest BCUT2D eigenvalue weighted by atomic mass is 16.2. The van der Waals surface area contributed by atoms with Crippen LogP contribution in [0, 0.1) is 12.8 Å². The number of carbonyl (C=O) groups excluding carboxylic acids is 1. The zero-order valence-corrected chi connectivity index (χ0v) is 14.8. The van der Waals surface area contributed by atoms with Gasteiger partial charge >= 0.3 is 5.69 Å². The molecule has 2 aliphatic rings. The highest BCUT2D eigenvalue weighted by Gasteiger charge is 2.36. The van der Waals surface area contributed by atoms with Gasteiger partial charge in [-0.3, -0.25) is 9.36 Å². The molecule has 0 aliphatic carbocycles. The zero-order valence-electron chi connectivity index (χ0n) is 14.8. The average Bonchev–Trinajstić information content (AvgIpc) is 2.89. The van der Waals surface area contributed by atoms with E-state index in [0.29, 0.717) is 12.5 Å². The molecule has 4 rings (SSSR count). The Hall–Kier alpha value is -2.37. The molecular weight excluding hydrogens is 316 g/mol. The van der Waals surface area contributed by atoms with Gasteiger partial charge in [-0.25, -0.2) is 9.48 Å². The van der Waals surface area contributed by atoms with Crippen LogP contribution in [0.3, 0.4) is 0 Å². The molecule has 1 aromatic carbocycles. The van der Waals surface area contributed by atoms with Gasteiger partial charge in [0.1, 0.15) is 11.9 Å². The third-order valence-corrected chi connectivity index (χ3v) is 5.24. The van der Waals surface area contributed by atoms with E-state index in [9.17, 15) is 9.59 Å². The summed E-state index contributed by atoms with van der Waals surface area (Å²) in [5.41, 5.74) is 2.07. The van der Waals surface area contributed by atoms with Gasteiger partial charge in [-0.15, -0.1) is 0 Å². The summed E-state index contributed by atoms with van der Waals surface area (Å²) in [6, 6.07) is 7.73. The second kappa shape index (κ2) is 6.17. The van der Waals surface area contributed by atoms with Crippen molar-refractivity contribution in [1.82, 2.24) is 19.2 Å². The Morgan fingerprint density at radius 3 is 2.64 bits per heavy atom. The van der Waals surface area contributed by atoms with Gasteiger partial charge in [0, 0.05) is 19.5 Å². The largest absolute Gasteiger partial charge is 0.346 e. The molecule has 2 aliphatic heterocycles. The second-order valence-electron chi connectivity index (χ2n) is 7.47. The van der Waals surface area contributed by atoms with E-state index in [-0.39, 0.29) is 17.6 Å². The van der Waals surface area contributed by atoms with E-state index in [1.165, 1.54) is 10.2 Å². The highest BCUT2D eigenvalue weighted by molar-refractivity contribution is 5.81. The van der Waals surface area contributed by atoms with Crippen molar-refractivity contribution >= 4 is 5.91 Å². The first-order valence-corrected chi connectivity index (χ1v) is 9.05. The van der Waals surface area contributed by atoms with Gasteiger partial charge in [0.2, 0.25) is 5.91 Å². The summed E-state index contributed by atoms with van der Waals surface area (Å²) in [5.74, 6) is 1.39. The minimum Gasteiger partial charge on any atom is -0.340 e. The van der Waals surface area contributed by atoms with Gasteiger partial charge in [0.15, 0.2) is 0 Å². The summed E-state index contributed by atoms with van der Waals surface area (Å²) in [5, 5.41) is 4.52. The molecule has 132 valence electrons. The third-order valence-electron chi connectivity index (χ3n) is 5.24. The second-order valence-corrected chi connectivity index (χ2v) is 7.47. The van der Waals surface area contributed by atoms with E-state index < -0.39 is 0 Å². The molecule has 0 spiro atoms. The maximum absolute atomic E-state index is 12.9. The summed E-state index contributed by atoms with van der Waals surface area (Å²) >= 11 is 0. The van der Waals surface area contributed by atoms with Crippen molar-refractivity contribution in [1.29, 1.82) is 0 Å². The van der Waals surface area contributed by atoms with E-state index in [4.69, 9.17) is 0 Å². The van der Waals surface area contributed by atoms with Crippen LogP contribution in [-0.2, 0) is 17.8 Å². The number of aromatic nitrogens is 3. The molecule has 25 heavy (non-hydrogen) atoms. The normalized spacial score (nSPS) is 20.2. The molecule has 1 amide bonds. The number of hydrogen-bond acceptors (Lipinski definition) is 3. The third kappa shape index (κ3) is 2.90. The summed E-state index contributed by atoms with van der Waals surface area (Å²) in [4.78, 5) is 27.5. The van der Waals surface area contributed by atoms with Crippen LogP contribution < -0.4 is 5.69 Å². The number of rotatable bonds is 3. The van der Waals surface area contributed by atoms with Crippen LogP contribution in [0.2, 0.25) is 0 Å². The van der Waals surface area contributed by atoms with E-state index in [2.05, 4.69) is 12.0 Å². The lowest BCUT2D eigenvalue weighted by Gasteiger charge is -2.40. The molecule has 1 saturated heterocycles. The zero-order chi connectivity index (χ0) is 17.6. The number of aryl methyl sites for hydroxylation is 2. The van der Waals surface area contributed by atoms with Crippen LogP contribution in [0.4, 0.5) is 0 Å². The minimum atomic E-state index is -0.379. The van der Waals surface area contributed by atoms with Gasteiger partial charge in [0.05, 0.1) is 6.54 Å². The molecule has 6 heteroatoms. The van der Waals surface area contributed by atoms with Crippen molar-refractivity contribution in [2.75, 3.05) is 13.1 Å². The molecular formula is C19H24N4O2. The summed E-state index contributed by atoms with van der Waals surface area (Å²) < 4.78 is 3.15. The number of amides is 1. The number of carbonyl (C=O) groups is 1. The van der Waals surface area contributed by atoms with Gasteiger partial charge in [0.25, 0.3) is 0 Å². The summed E-state index contributed by atoms with van der Waals surface area (Å²) in [7, 11) is 0. The Balaban J connectivity index is 1.61. The molecule has 3 heterocycles. The molecule has 0 radical (unpaired) electrons. The van der Waals surface area contributed by atoms with E-state index in [1.807, 2.05) is 36.1 Å². The van der Waals surface area contributed by atoms with E-state index in [0.717, 1.165) is 43.7 Å². The first-order valence-electron chi connectivity index (χ1n) is 9.05. The van der Waals surface area contributed by atoms with Crippen molar-refractivity contribution in [3.05, 3.63) is 51.7 Å². The van der Waals surface area contributed by atoms with Crippen LogP contribution in [0.25, 0.3) is 0 Å².